The van der Waals surface area contributed by atoms with Gasteiger partial charge in [0.2, 0.25) is 0 Å². The van der Waals surface area contributed by atoms with E-state index >= 15 is 0 Å². The van der Waals surface area contributed by atoms with Gasteiger partial charge in [0.15, 0.2) is 0 Å². The molecule has 2 aliphatic rings. The summed E-state index contributed by atoms with van der Waals surface area (Å²) in [6.45, 7) is 5.08. The Bertz CT molecular complexity index is 254. The van der Waals surface area contributed by atoms with Gasteiger partial charge >= 0.3 is 0 Å². The van der Waals surface area contributed by atoms with Crippen molar-refractivity contribution in [2.24, 2.45) is 5.92 Å². The maximum atomic E-state index is 9.76. The number of aliphatic hydroxyl groups is 1. The average molecular weight is 271 g/mol. The summed E-state index contributed by atoms with van der Waals surface area (Å²) in [5, 5.41) is 13.4. The van der Waals surface area contributed by atoms with Gasteiger partial charge in [0.05, 0.1) is 32.0 Å². The summed E-state index contributed by atoms with van der Waals surface area (Å²) in [5.74, 6) is 0.596. The molecule has 0 aromatic heterocycles. The predicted octanol–water partition coefficient (Wildman–Crippen LogP) is 1.71. The second-order valence-electron chi connectivity index (χ2n) is 6.03. The molecule has 2 aliphatic carbocycles. The molecule has 0 aliphatic heterocycles. The Morgan fingerprint density at radius 2 is 1.84 bits per heavy atom. The van der Waals surface area contributed by atoms with Crippen LogP contribution >= 0.6 is 0 Å². The van der Waals surface area contributed by atoms with E-state index < -0.39 is 0 Å². The molecule has 4 nitrogen and oxygen atoms in total. The van der Waals surface area contributed by atoms with Gasteiger partial charge in [-0.25, -0.2) is 0 Å². The van der Waals surface area contributed by atoms with Crippen molar-refractivity contribution in [2.75, 3.05) is 33.0 Å². The molecule has 1 unspecified atom stereocenters. The van der Waals surface area contributed by atoms with Crippen LogP contribution in [0.15, 0.2) is 0 Å². The van der Waals surface area contributed by atoms with Crippen LogP contribution in [-0.2, 0) is 9.47 Å². The van der Waals surface area contributed by atoms with Crippen LogP contribution < -0.4 is 5.32 Å². The molecule has 2 saturated carbocycles. The van der Waals surface area contributed by atoms with Crippen molar-refractivity contribution in [3.8, 4) is 0 Å². The number of rotatable bonds is 12. The molecule has 0 spiro atoms. The first kappa shape index (κ1) is 15.2. The van der Waals surface area contributed by atoms with Crippen LogP contribution in [0.1, 0.15) is 45.4 Å². The van der Waals surface area contributed by atoms with Gasteiger partial charge in [-0.1, -0.05) is 13.3 Å². The molecule has 2 rings (SSSR count). The largest absolute Gasteiger partial charge is 0.394 e. The van der Waals surface area contributed by atoms with E-state index in [0.29, 0.717) is 31.8 Å². The van der Waals surface area contributed by atoms with E-state index in [9.17, 15) is 5.11 Å². The molecule has 2 fully saturated rings. The highest BCUT2D eigenvalue weighted by atomic mass is 16.5. The first-order chi connectivity index (χ1) is 9.30. The third-order valence-electron chi connectivity index (χ3n) is 4.08. The van der Waals surface area contributed by atoms with Crippen LogP contribution in [0.2, 0.25) is 0 Å². The zero-order chi connectivity index (χ0) is 13.6. The molecule has 0 aromatic rings. The highest BCUT2D eigenvalue weighted by molar-refractivity contribution is 5.04. The lowest BCUT2D eigenvalue weighted by Gasteiger charge is -2.33. The maximum Gasteiger partial charge on any atom is 0.0701 e. The zero-order valence-corrected chi connectivity index (χ0v) is 12.2. The molecule has 0 amide bonds. The highest BCUT2D eigenvalue weighted by Gasteiger charge is 2.47. The van der Waals surface area contributed by atoms with E-state index in [0.717, 1.165) is 13.0 Å². The standard InChI is InChI=1S/C15H29NO3/c1-2-3-8-18-9-10-19-12-15(11-17,13-4-5-13)16-14-6-7-14/h13-14,16-17H,2-12H2,1H3. The Kier molecular flexibility index (Phi) is 6.07. The molecule has 0 heterocycles. The summed E-state index contributed by atoms with van der Waals surface area (Å²) in [6.07, 6.45) is 7.21. The van der Waals surface area contributed by atoms with Crippen molar-refractivity contribution in [2.45, 2.75) is 57.0 Å². The number of nitrogens with one attached hydrogen (secondary N) is 1. The summed E-state index contributed by atoms with van der Waals surface area (Å²) < 4.78 is 11.2. The summed E-state index contributed by atoms with van der Waals surface area (Å²) in [7, 11) is 0. The first-order valence-electron chi connectivity index (χ1n) is 7.85. The van der Waals surface area contributed by atoms with E-state index in [1.54, 1.807) is 0 Å². The van der Waals surface area contributed by atoms with Gasteiger partial charge in [-0.2, -0.15) is 0 Å². The van der Waals surface area contributed by atoms with Crippen LogP contribution in [-0.4, -0.2) is 49.7 Å². The Balaban J connectivity index is 1.62. The molecule has 1 atom stereocenters. The second-order valence-corrected chi connectivity index (χ2v) is 6.03. The summed E-state index contributed by atoms with van der Waals surface area (Å²) in [6, 6.07) is 0.608. The summed E-state index contributed by atoms with van der Waals surface area (Å²) >= 11 is 0. The molecule has 0 radical (unpaired) electrons. The fourth-order valence-corrected chi connectivity index (χ4v) is 2.49. The van der Waals surface area contributed by atoms with Gasteiger partial charge in [0.1, 0.15) is 0 Å². The van der Waals surface area contributed by atoms with Crippen molar-refractivity contribution in [3.05, 3.63) is 0 Å². The van der Waals surface area contributed by atoms with Gasteiger partial charge in [0.25, 0.3) is 0 Å². The van der Waals surface area contributed by atoms with E-state index in [1.165, 1.54) is 32.1 Å². The minimum Gasteiger partial charge on any atom is -0.394 e. The molecular formula is C15H29NO3. The average Bonchev–Trinajstić information content (AvgIpc) is 3.28. The van der Waals surface area contributed by atoms with E-state index in [-0.39, 0.29) is 12.1 Å². The smallest absolute Gasteiger partial charge is 0.0701 e. The van der Waals surface area contributed by atoms with Crippen LogP contribution in [0, 0.1) is 5.92 Å². The van der Waals surface area contributed by atoms with Crippen LogP contribution in [0.25, 0.3) is 0 Å². The lowest BCUT2D eigenvalue weighted by molar-refractivity contribution is -0.00544. The predicted molar refractivity (Wildman–Crippen MR) is 75.2 cm³/mol. The lowest BCUT2D eigenvalue weighted by Crippen LogP contribution is -2.55. The van der Waals surface area contributed by atoms with Gasteiger partial charge < -0.3 is 19.9 Å². The first-order valence-corrected chi connectivity index (χ1v) is 7.85. The van der Waals surface area contributed by atoms with Gasteiger partial charge in [0, 0.05) is 12.6 Å². The Morgan fingerprint density at radius 3 is 2.42 bits per heavy atom. The normalized spacial score (nSPS) is 22.4. The van der Waals surface area contributed by atoms with Gasteiger partial charge in [-0.3, -0.25) is 0 Å². The van der Waals surface area contributed by atoms with Gasteiger partial charge in [-0.05, 0) is 38.0 Å². The number of hydrogen-bond donors (Lipinski definition) is 2. The fourth-order valence-electron chi connectivity index (χ4n) is 2.49. The van der Waals surface area contributed by atoms with Gasteiger partial charge in [-0.15, -0.1) is 0 Å². The minimum absolute atomic E-state index is 0.185. The minimum atomic E-state index is -0.190. The molecular weight excluding hydrogens is 242 g/mol. The molecule has 2 N–H and O–H groups in total. The third-order valence-corrected chi connectivity index (χ3v) is 4.08. The Labute approximate surface area is 116 Å². The van der Waals surface area contributed by atoms with Crippen molar-refractivity contribution >= 4 is 0 Å². The Hall–Kier alpha value is -0.160. The zero-order valence-electron chi connectivity index (χ0n) is 12.2. The molecule has 0 saturated heterocycles. The number of hydrogen-bond acceptors (Lipinski definition) is 4. The second kappa shape index (κ2) is 7.58. The highest BCUT2D eigenvalue weighted by Crippen LogP contribution is 2.41. The van der Waals surface area contributed by atoms with Crippen molar-refractivity contribution in [1.82, 2.24) is 5.32 Å². The number of unbranched alkanes of at least 4 members (excludes halogenated alkanes) is 1. The monoisotopic (exact) mass is 271 g/mol. The Morgan fingerprint density at radius 1 is 1.11 bits per heavy atom. The van der Waals surface area contributed by atoms with Crippen molar-refractivity contribution in [3.63, 3.8) is 0 Å². The van der Waals surface area contributed by atoms with Crippen LogP contribution in [0.3, 0.4) is 0 Å². The van der Waals surface area contributed by atoms with Crippen LogP contribution in [0.4, 0.5) is 0 Å². The topological polar surface area (TPSA) is 50.7 Å². The fraction of sp³-hybridized carbons (Fsp3) is 1.00. The SMILES string of the molecule is CCCCOCCOCC(CO)(NC1CC1)C1CC1. The molecule has 112 valence electrons. The molecule has 19 heavy (non-hydrogen) atoms. The number of aliphatic hydroxyl groups excluding tert-OH is 1. The van der Waals surface area contributed by atoms with Crippen molar-refractivity contribution in [1.29, 1.82) is 0 Å². The molecule has 0 bridgehead atoms. The number of ether oxygens (including phenoxy) is 2. The lowest BCUT2D eigenvalue weighted by atomic mass is 9.95. The summed E-state index contributed by atoms with van der Waals surface area (Å²) in [4.78, 5) is 0. The van der Waals surface area contributed by atoms with E-state index in [4.69, 9.17) is 9.47 Å². The molecule has 0 aromatic carbocycles. The quantitative estimate of drug-likeness (QED) is 0.531. The third kappa shape index (κ3) is 5.03. The van der Waals surface area contributed by atoms with E-state index in [2.05, 4.69) is 12.2 Å². The summed E-state index contributed by atoms with van der Waals surface area (Å²) in [5.41, 5.74) is -0.190. The van der Waals surface area contributed by atoms with E-state index in [1.807, 2.05) is 0 Å². The molecule has 4 heteroatoms. The van der Waals surface area contributed by atoms with Crippen LogP contribution in [0.5, 0.6) is 0 Å². The van der Waals surface area contributed by atoms with Crippen molar-refractivity contribution < 1.29 is 14.6 Å². The maximum absolute atomic E-state index is 9.76.